The molecule has 0 aromatic heterocycles. The molecule has 0 aliphatic rings. The van der Waals surface area contributed by atoms with Crippen LogP contribution in [0.2, 0.25) is 0 Å². The van der Waals surface area contributed by atoms with Gasteiger partial charge in [0.05, 0.1) is 24.7 Å². The quantitative estimate of drug-likeness (QED) is 0.246. The van der Waals surface area contributed by atoms with Crippen molar-refractivity contribution in [3.63, 3.8) is 0 Å². The summed E-state index contributed by atoms with van der Waals surface area (Å²) in [6.07, 6.45) is 2.27. The zero-order chi connectivity index (χ0) is 20.9. The number of ether oxygens (including phenoxy) is 1. The fourth-order valence-corrected chi connectivity index (χ4v) is 4.64. The first-order chi connectivity index (χ1) is 14.1. The Morgan fingerprint density at radius 3 is 2.03 bits per heavy atom. The van der Waals surface area contributed by atoms with Crippen LogP contribution in [-0.4, -0.2) is 42.7 Å². The van der Waals surface area contributed by atoms with E-state index >= 15 is 0 Å². The van der Waals surface area contributed by atoms with Crippen molar-refractivity contribution in [3.05, 3.63) is 60.2 Å². The van der Waals surface area contributed by atoms with Crippen molar-refractivity contribution in [1.82, 2.24) is 0 Å². The Hall–Kier alpha value is -2.39. The molecule has 0 aliphatic carbocycles. The highest BCUT2D eigenvalue weighted by Crippen LogP contribution is 2.29. The van der Waals surface area contributed by atoms with Crippen molar-refractivity contribution in [2.75, 3.05) is 26.2 Å². The number of nitrogens with zero attached hydrogens (tertiary/aromatic N) is 1. The SMILES string of the molecule is CCC[N+](CC)(CCOC(=O)c1c2ccccc2cc2ccccc12)C(C)CC. The number of benzene rings is 3. The highest BCUT2D eigenvalue weighted by molar-refractivity contribution is 6.16. The van der Waals surface area contributed by atoms with Crippen molar-refractivity contribution in [2.45, 2.75) is 46.6 Å². The molecule has 0 bridgehead atoms. The summed E-state index contributed by atoms with van der Waals surface area (Å²) < 4.78 is 6.90. The van der Waals surface area contributed by atoms with E-state index in [1.54, 1.807) is 0 Å². The van der Waals surface area contributed by atoms with Crippen molar-refractivity contribution < 1.29 is 14.0 Å². The number of hydrogen-bond donors (Lipinski definition) is 0. The lowest BCUT2D eigenvalue weighted by molar-refractivity contribution is -0.948. The topological polar surface area (TPSA) is 26.3 Å². The molecule has 3 rings (SSSR count). The zero-order valence-corrected chi connectivity index (χ0v) is 18.3. The monoisotopic (exact) mass is 392 g/mol. The van der Waals surface area contributed by atoms with Gasteiger partial charge in [-0.1, -0.05) is 62.4 Å². The minimum Gasteiger partial charge on any atom is -0.456 e. The normalized spacial score (nSPS) is 14.6. The van der Waals surface area contributed by atoms with Crippen LogP contribution < -0.4 is 0 Å². The van der Waals surface area contributed by atoms with Gasteiger partial charge in [-0.2, -0.15) is 0 Å². The van der Waals surface area contributed by atoms with Crippen LogP contribution in [0.1, 0.15) is 50.9 Å². The Kier molecular flexibility index (Phi) is 6.92. The summed E-state index contributed by atoms with van der Waals surface area (Å²) in [6, 6.07) is 18.8. The van der Waals surface area contributed by atoms with E-state index in [-0.39, 0.29) is 5.97 Å². The van der Waals surface area contributed by atoms with Crippen molar-refractivity contribution in [1.29, 1.82) is 0 Å². The first-order valence-corrected chi connectivity index (χ1v) is 11.0. The third kappa shape index (κ3) is 4.30. The molecule has 0 amide bonds. The van der Waals surface area contributed by atoms with Gasteiger partial charge >= 0.3 is 5.97 Å². The van der Waals surface area contributed by atoms with Gasteiger partial charge in [0.25, 0.3) is 0 Å². The van der Waals surface area contributed by atoms with Gasteiger partial charge in [-0.05, 0) is 54.3 Å². The predicted octanol–water partition coefficient (Wildman–Crippen LogP) is 6.20. The molecular formula is C26H34NO2+. The van der Waals surface area contributed by atoms with Crippen LogP contribution in [-0.2, 0) is 4.74 Å². The highest BCUT2D eigenvalue weighted by atomic mass is 16.5. The minimum absolute atomic E-state index is 0.215. The number of rotatable bonds is 9. The van der Waals surface area contributed by atoms with Crippen LogP contribution in [0.25, 0.3) is 21.5 Å². The summed E-state index contributed by atoms with van der Waals surface area (Å²) in [5.41, 5.74) is 0.687. The lowest BCUT2D eigenvalue weighted by Gasteiger charge is -2.42. The molecule has 3 nitrogen and oxygen atoms in total. The standard InChI is InChI=1S/C26H34NO2/c1-5-16-27(7-3,20(4)6-2)17-18-29-26(28)25-23-14-10-8-12-21(23)19-22-13-9-11-15-24(22)25/h8-15,19-20H,5-7,16-18H2,1-4H3/q+1. The molecule has 0 fully saturated rings. The largest absolute Gasteiger partial charge is 0.456 e. The molecule has 0 radical (unpaired) electrons. The van der Waals surface area contributed by atoms with Crippen LogP contribution in [0, 0.1) is 0 Å². The Morgan fingerprint density at radius 2 is 1.52 bits per heavy atom. The summed E-state index contributed by atoms with van der Waals surface area (Å²) in [5.74, 6) is -0.215. The van der Waals surface area contributed by atoms with Gasteiger partial charge in [0.2, 0.25) is 0 Å². The number of carbonyl (C=O) groups excluding carboxylic acids is 1. The van der Waals surface area contributed by atoms with Gasteiger partial charge < -0.3 is 9.22 Å². The van der Waals surface area contributed by atoms with Crippen molar-refractivity contribution in [3.8, 4) is 0 Å². The number of fused-ring (bicyclic) bond motifs is 2. The van der Waals surface area contributed by atoms with Crippen LogP contribution in [0.3, 0.4) is 0 Å². The summed E-state index contributed by atoms with van der Waals surface area (Å²) >= 11 is 0. The first-order valence-electron chi connectivity index (χ1n) is 11.0. The number of esters is 1. The third-order valence-corrected chi connectivity index (χ3v) is 6.57. The molecule has 29 heavy (non-hydrogen) atoms. The molecular weight excluding hydrogens is 358 g/mol. The molecule has 0 N–H and O–H groups in total. The maximum Gasteiger partial charge on any atom is 0.339 e. The minimum atomic E-state index is -0.215. The number of carbonyl (C=O) groups is 1. The summed E-state index contributed by atoms with van der Waals surface area (Å²) in [4.78, 5) is 13.2. The molecule has 3 aromatic rings. The van der Waals surface area contributed by atoms with E-state index in [9.17, 15) is 4.79 Å². The molecule has 154 valence electrons. The fourth-order valence-electron chi connectivity index (χ4n) is 4.64. The van der Waals surface area contributed by atoms with Crippen LogP contribution in [0.15, 0.2) is 54.6 Å². The average Bonchev–Trinajstić information content (AvgIpc) is 2.76. The van der Waals surface area contributed by atoms with Crippen LogP contribution in [0.5, 0.6) is 0 Å². The van der Waals surface area contributed by atoms with Crippen LogP contribution in [0.4, 0.5) is 0 Å². The van der Waals surface area contributed by atoms with E-state index in [0.717, 1.165) is 58.5 Å². The predicted molar refractivity (Wildman–Crippen MR) is 122 cm³/mol. The average molecular weight is 393 g/mol. The zero-order valence-electron chi connectivity index (χ0n) is 18.3. The molecule has 2 atom stereocenters. The lowest BCUT2D eigenvalue weighted by atomic mass is 9.97. The number of hydrogen-bond acceptors (Lipinski definition) is 2. The maximum atomic E-state index is 13.2. The van der Waals surface area contributed by atoms with E-state index in [2.05, 4.69) is 45.9 Å². The molecule has 2 unspecified atom stereocenters. The summed E-state index contributed by atoms with van der Waals surface area (Å²) in [6.45, 7) is 12.6. The first kappa shape index (κ1) is 21.3. The fraction of sp³-hybridized carbons (Fsp3) is 0.423. The van der Waals surface area contributed by atoms with Crippen LogP contribution >= 0.6 is 0 Å². The second kappa shape index (κ2) is 9.41. The van der Waals surface area contributed by atoms with Gasteiger partial charge in [0.15, 0.2) is 0 Å². The number of likely N-dealkylation sites (N-methyl/N-ethyl adjacent to an activating group) is 1. The van der Waals surface area contributed by atoms with E-state index in [4.69, 9.17) is 4.74 Å². The second-order valence-electron chi connectivity index (χ2n) is 8.07. The third-order valence-electron chi connectivity index (χ3n) is 6.57. The van der Waals surface area contributed by atoms with E-state index < -0.39 is 0 Å². The Labute approximate surface area is 174 Å². The Bertz CT molecular complexity index is 927. The van der Waals surface area contributed by atoms with Gasteiger partial charge in [0.1, 0.15) is 13.2 Å². The van der Waals surface area contributed by atoms with E-state index in [0.29, 0.717) is 18.2 Å². The molecule has 0 aliphatic heterocycles. The molecule has 3 aromatic carbocycles. The second-order valence-corrected chi connectivity index (χ2v) is 8.07. The maximum absolute atomic E-state index is 13.2. The molecule has 0 saturated heterocycles. The van der Waals surface area contributed by atoms with Gasteiger partial charge in [0, 0.05) is 0 Å². The smallest absolute Gasteiger partial charge is 0.339 e. The van der Waals surface area contributed by atoms with E-state index in [1.165, 1.54) is 0 Å². The summed E-state index contributed by atoms with van der Waals surface area (Å²) in [7, 11) is 0. The van der Waals surface area contributed by atoms with Crippen molar-refractivity contribution >= 4 is 27.5 Å². The van der Waals surface area contributed by atoms with Crippen molar-refractivity contribution in [2.24, 2.45) is 0 Å². The molecule has 0 heterocycles. The highest BCUT2D eigenvalue weighted by Gasteiger charge is 2.30. The lowest BCUT2D eigenvalue weighted by Crippen LogP contribution is -2.56. The van der Waals surface area contributed by atoms with Gasteiger partial charge in [-0.15, -0.1) is 0 Å². The van der Waals surface area contributed by atoms with E-state index in [1.807, 2.05) is 36.4 Å². The summed E-state index contributed by atoms with van der Waals surface area (Å²) in [5, 5.41) is 4.07. The number of quaternary nitrogens is 1. The Morgan fingerprint density at radius 1 is 0.931 bits per heavy atom. The molecule has 0 saturated carbocycles. The molecule has 0 spiro atoms. The van der Waals surface area contributed by atoms with Gasteiger partial charge in [-0.25, -0.2) is 4.79 Å². The van der Waals surface area contributed by atoms with Gasteiger partial charge in [-0.3, -0.25) is 0 Å². The molecule has 3 heteroatoms. The Balaban J connectivity index is 1.88.